The largest absolute Gasteiger partial charge is 0.444 e. The second-order valence-corrected chi connectivity index (χ2v) is 17.0. The summed E-state index contributed by atoms with van der Waals surface area (Å²) in [5.41, 5.74) is -1.17. The van der Waals surface area contributed by atoms with Crippen LogP contribution in [0.3, 0.4) is 0 Å². The van der Waals surface area contributed by atoms with Crippen molar-refractivity contribution in [3.63, 3.8) is 0 Å². The Labute approximate surface area is 319 Å². The van der Waals surface area contributed by atoms with E-state index in [0.29, 0.717) is 17.8 Å². The number of hydrogen-bond acceptors (Lipinski definition) is 9. The number of hydrogen-bond donors (Lipinski definition) is 3. The van der Waals surface area contributed by atoms with Crippen LogP contribution < -0.4 is 21.6 Å². The SMILES string of the molecule is CC(C)N(Cc1ccc(-n2ccc(NC(=O)N3CCN(C(=O)C(C)(C)NC(=O)OC(C)(C)C)CC3)nc2=O)cc1)[C@H]1CC[C@H](NC(=O)OC(C)(C)C)CC1. The van der Waals surface area contributed by atoms with E-state index in [2.05, 4.69) is 39.7 Å². The minimum absolute atomic E-state index is 0.110. The van der Waals surface area contributed by atoms with Gasteiger partial charge in [0.25, 0.3) is 0 Å². The first-order valence-corrected chi connectivity index (χ1v) is 18.9. The molecule has 15 heteroatoms. The van der Waals surface area contributed by atoms with Crippen molar-refractivity contribution < 1.29 is 28.7 Å². The summed E-state index contributed by atoms with van der Waals surface area (Å²) in [6.07, 6.45) is 4.28. The molecular weight excluding hydrogens is 692 g/mol. The van der Waals surface area contributed by atoms with Gasteiger partial charge in [-0.25, -0.2) is 19.2 Å². The molecule has 5 amide bonds. The van der Waals surface area contributed by atoms with Crippen LogP contribution >= 0.6 is 0 Å². The monoisotopic (exact) mass is 752 g/mol. The molecule has 2 fully saturated rings. The van der Waals surface area contributed by atoms with Gasteiger partial charge < -0.3 is 29.9 Å². The predicted octanol–water partition coefficient (Wildman–Crippen LogP) is 5.26. The number of benzene rings is 1. The summed E-state index contributed by atoms with van der Waals surface area (Å²) in [5, 5.41) is 8.36. The van der Waals surface area contributed by atoms with Gasteiger partial charge >= 0.3 is 23.9 Å². The molecule has 4 rings (SSSR count). The van der Waals surface area contributed by atoms with E-state index in [1.807, 2.05) is 45.0 Å². The average Bonchev–Trinajstić information content (AvgIpc) is 3.05. The molecular formula is C39H60N8O7. The van der Waals surface area contributed by atoms with Gasteiger partial charge in [-0.05, 0) is 119 Å². The summed E-state index contributed by atoms with van der Waals surface area (Å²) in [6.45, 7) is 20.3. The second kappa shape index (κ2) is 17.2. The number of anilines is 1. The average molecular weight is 753 g/mol. The first-order valence-electron chi connectivity index (χ1n) is 18.9. The van der Waals surface area contributed by atoms with Crippen LogP contribution in [0.25, 0.3) is 5.69 Å². The molecule has 0 bridgehead atoms. The van der Waals surface area contributed by atoms with E-state index < -0.39 is 34.6 Å². The number of nitrogens with zero attached hydrogens (tertiary/aromatic N) is 5. The lowest BCUT2D eigenvalue weighted by atomic mass is 9.89. The van der Waals surface area contributed by atoms with Gasteiger partial charge in [-0.15, -0.1) is 0 Å². The zero-order chi connectivity index (χ0) is 40.0. The van der Waals surface area contributed by atoms with Crippen LogP contribution in [0.4, 0.5) is 20.2 Å². The van der Waals surface area contributed by atoms with E-state index in [4.69, 9.17) is 9.47 Å². The van der Waals surface area contributed by atoms with E-state index in [1.165, 1.54) is 4.57 Å². The summed E-state index contributed by atoms with van der Waals surface area (Å²) in [4.78, 5) is 73.5. The number of alkyl carbamates (subject to hydrolysis) is 2. The van der Waals surface area contributed by atoms with Gasteiger partial charge in [-0.3, -0.25) is 19.6 Å². The molecule has 2 aromatic rings. The standard InChI is InChI=1S/C39H60N8O7/c1-26(2)47(30-17-13-28(14-18-30)40-35(51)53-37(3,4)5)25-27-11-15-29(16-12-27)46-20-19-31(42-34(46)50)41-33(49)45-23-21-44(22-24-45)32(48)39(9,10)43-36(52)54-38(6,7)8/h11-12,15-16,19-20,26,28,30H,13-14,17-18,21-25H2,1-10H3,(H,40,51)(H,43,52)(H,41,42,49,50)/t28-,30-. The molecule has 0 radical (unpaired) electrons. The highest BCUT2D eigenvalue weighted by atomic mass is 16.6. The van der Waals surface area contributed by atoms with Crippen LogP contribution in [0.15, 0.2) is 41.3 Å². The quantitative estimate of drug-likeness (QED) is 0.310. The van der Waals surface area contributed by atoms with E-state index >= 15 is 0 Å². The van der Waals surface area contributed by atoms with E-state index in [1.54, 1.807) is 56.7 Å². The molecule has 0 atom stereocenters. The normalized spacial score (nSPS) is 18.3. The Hall–Kier alpha value is -4.66. The number of amides is 5. The lowest BCUT2D eigenvalue weighted by Crippen LogP contribution is -2.60. The molecule has 298 valence electrons. The topological polar surface area (TPSA) is 167 Å². The fourth-order valence-electron chi connectivity index (χ4n) is 6.71. The maximum atomic E-state index is 13.2. The van der Waals surface area contributed by atoms with E-state index in [0.717, 1.165) is 37.8 Å². The molecule has 2 aliphatic rings. The minimum Gasteiger partial charge on any atom is -0.444 e. The molecule has 0 spiro atoms. The molecule has 1 aromatic heterocycles. The Morgan fingerprint density at radius 2 is 1.37 bits per heavy atom. The maximum Gasteiger partial charge on any atom is 0.408 e. The van der Waals surface area contributed by atoms with Crippen LogP contribution in [0.5, 0.6) is 0 Å². The number of rotatable bonds is 9. The number of piperazine rings is 1. The van der Waals surface area contributed by atoms with Crippen LogP contribution in [-0.2, 0) is 20.8 Å². The number of nitrogens with one attached hydrogen (secondary N) is 3. The van der Waals surface area contributed by atoms with Gasteiger partial charge in [0.2, 0.25) is 5.91 Å². The number of aromatic nitrogens is 2. The fourth-order valence-corrected chi connectivity index (χ4v) is 6.71. The van der Waals surface area contributed by atoms with E-state index in [9.17, 15) is 24.0 Å². The highest BCUT2D eigenvalue weighted by Gasteiger charge is 2.37. The Morgan fingerprint density at radius 3 is 1.91 bits per heavy atom. The molecule has 1 aliphatic heterocycles. The molecule has 1 saturated carbocycles. The van der Waals surface area contributed by atoms with Crippen molar-refractivity contribution in [2.24, 2.45) is 0 Å². The number of urea groups is 1. The van der Waals surface area contributed by atoms with Gasteiger partial charge in [0.15, 0.2) is 0 Å². The van der Waals surface area contributed by atoms with Crippen molar-refractivity contribution in [2.45, 2.75) is 136 Å². The van der Waals surface area contributed by atoms with Crippen LogP contribution in [-0.4, -0.2) is 109 Å². The molecule has 1 aliphatic carbocycles. The predicted molar refractivity (Wildman–Crippen MR) is 207 cm³/mol. The van der Waals surface area contributed by atoms with Crippen molar-refractivity contribution in [1.29, 1.82) is 0 Å². The molecule has 54 heavy (non-hydrogen) atoms. The molecule has 1 aromatic carbocycles. The molecule has 0 unspecified atom stereocenters. The maximum absolute atomic E-state index is 13.2. The van der Waals surface area contributed by atoms with Crippen LogP contribution in [0, 0.1) is 0 Å². The highest BCUT2D eigenvalue weighted by molar-refractivity contribution is 5.90. The fraction of sp³-hybridized carbons (Fsp3) is 0.641. The lowest BCUT2D eigenvalue weighted by molar-refractivity contribution is -0.138. The van der Waals surface area contributed by atoms with Crippen molar-refractivity contribution in [3.8, 4) is 5.69 Å². The number of carbonyl (C=O) groups excluding carboxylic acids is 4. The Bertz CT molecular complexity index is 1680. The third-order valence-electron chi connectivity index (χ3n) is 9.37. The van der Waals surface area contributed by atoms with Crippen molar-refractivity contribution in [3.05, 3.63) is 52.6 Å². The summed E-state index contributed by atoms with van der Waals surface area (Å²) in [5.74, 6) is -0.153. The van der Waals surface area contributed by atoms with Gasteiger partial charge in [-0.1, -0.05) is 12.1 Å². The summed E-state index contributed by atoms with van der Waals surface area (Å²) >= 11 is 0. The Balaban J connectivity index is 1.27. The Morgan fingerprint density at radius 1 is 0.815 bits per heavy atom. The first-order chi connectivity index (χ1) is 25.1. The van der Waals surface area contributed by atoms with E-state index in [-0.39, 0.29) is 50.0 Å². The summed E-state index contributed by atoms with van der Waals surface area (Å²) in [6, 6.07) is 9.79. The van der Waals surface area contributed by atoms with Crippen molar-refractivity contribution >= 4 is 29.9 Å². The van der Waals surface area contributed by atoms with Crippen molar-refractivity contribution in [1.82, 2.24) is 34.9 Å². The minimum atomic E-state index is -1.19. The summed E-state index contributed by atoms with van der Waals surface area (Å²) in [7, 11) is 0. The first kappa shape index (κ1) is 42.1. The zero-order valence-corrected chi connectivity index (χ0v) is 33.7. The molecule has 1 saturated heterocycles. The van der Waals surface area contributed by atoms with Crippen LogP contribution in [0.2, 0.25) is 0 Å². The number of carbonyl (C=O) groups is 4. The van der Waals surface area contributed by atoms with Gasteiger partial charge in [0.05, 0.1) is 5.69 Å². The summed E-state index contributed by atoms with van der Waals surface area (Å²) < 4.78 is 12.2. The van der Waals surface area contributed by atoms with Gasteiger partial charge in [0, 0.05) is 57.0 Å². The van der Waals surface area contributed by atoms with Crippen LogP contribution in [0.1, 0.15) is 100 Å². The third kappa shape index (κ3) is 12.2. The smallest absolute Gasteiger partial charge is 0.408 e. The molecule has 15 nitrogen and oxygen atoms in total. The molecule has 3 N–H and O–H groups in total. The highest BCUT2D eigenvalue weighted by Crippen LogP contribution is 2.27. The zero-order valence-electron chi connectivity index (χ0n) is 33.7. The number of ether oxygens (including phenoxy) is 2. The lowest BCUT2D eigenvalue weighted by Gasteiger charge is -2.39. The molecule has 2 heterocycles. The van der Waals surface area contributed by atoms with Gasteiger partial charge in [0.1, 0.15) is 22.6 Å². The third-order valence-corrected chi connectivity index (χ3v) is 9.37. The second-order valence-electron chi connectivity index (χ2n) is 17.0. The Kier molecular flexibility index (Phi) is 13.4. The van der Waals surface area contributed by atoms with Gasteiger partial charge in [-0.2, -0.15) is 4.98 Å². The van der Waals surface area contributed by atoms with Crippen molar-refractivity contribution in [2.75, 3.05) is 31.5 Å².